The van der Waals surface area contributed by atoms with Crippen molar-refractivity contribution in [3.8, 4) is 17.3 Å². The second kappa shape index (κ2) is 6.57. The van der Waals surface area contributed by atoms with E-state index in [2.05, 4.69) is 15.0 Å². The third-order valence-electron chi connectivity index (χ3n) is 6.99. The van der Waals surface area contributed by atoms with E-state index in [1.165, 1.54) is 0 Å². The van der Waals surface area contributed by atoms with Gasteiger partial charge in [-0.2, -0.15) is 0 Å². The summed E-state index contributed by atoms with van der Waals surface area (Å²) in [6.07, 6.45) is 6.10. The molecule has 4 atom stereocenters. The largest absolute Gasteiger partial charge is 0.472 e. The summed E-state index contributed by atoms with van der Waals surface area (Å²) in [4.78, 5) is 28.1. The molecule has 1 saturated heterocycles. The van der Waals surface area contributed by atoms with Gasteiger partial charge in [0.1, 0.15) is 6.10 Å². The Kier molecular flexibility index (Phi) is 3.91. The van der Waals surface area contributed by atoms with Gasteiger partial charge in [0.2, 0.25) is 5.88 Å². The van der Waals surface area contributed by atoms with E-state index < -0.39 is 5.82 Å². The Balaban J connectivity index is 1.28. The number of rotatable bonds is 4. The summed E-state index contributed by atoms with van der Waals surface area (Å²) in [5, 5.41) is 0. The van der Waals surface area contributed by atoms with Crippen molar-refractivity contribution in [2.24, 2.45) is 11.3 Å². The third kappa shape index (κ3) is 2.83. The van der Waals surface area contributed by atoms with Gasteiger partial charge in [-0.15, -0.1) is 0 Å². The molecular formula is C24H21FN4O2. The van der Waals surface area contributed by atoms with Gasteiger partial charge < -0.3 is 9.64 Å². The maximum absolute atomic E-state index is 13.6. The number of aromatic nitrogens is 3. The van der Waals surface area contributed by atoms with Crippen LogP contribution in [0.25, 0.3) is 11.4 Å². The molecule has 7 heteroatoms. The molecule has 1 spiro atoms. The van der Waals surface area contributed by atoms with Crippen LogP contribution in [-0.4, -0.2) is 44.4 Å². The summed E-state index contributed by atoms with van der Waals surface area (Å²) >= 11 is 0. The number of carbonyl (C=O) groups excluding carboxylic acids is 1. The van der Waals surface area contributed by atoms with E-state index in [9.17, 15) is 9.18 Å². The number of hydrogen-bond donors (Lipinski definition) is 0. The zero-order valence-corrected chi connectivity index (χ0v) is 17.0. The lowest BCUT2D eigenvalue weighted by atomic mass is 9.73. The Bertz CT molecular complexity index is 1170. The summed E-state index contributed by atoms with van der Waals surface area (Å²) < 4.78 is 19.5. The Hall–Kier alpha value is -3.35. The first-order valence-electron chi connectivity index (χ1n) is 10.5. The quantitative estimate of drug-likeness (QED) is 0.649. The molecule has 3 aliphatic rings. The van der Waals surface area contributed by atoms with E-state index in [4.69, 9.17) is 4.74 Å². The van der Waals surface area contributed by atoms with Gasteiger partial charge in [0.05, 0.1) is 24.0 Å². The molecular weight excluding hydrogens is 395 g/mol. The zero-order chi connectivity index (χ0) is 21.2. The molecule has 6 nitrogen and oxygen atoms in total. The molecule has 156 valence electrons. The van der Waals surface area contributed by atoms with Crippen molar-refractivity contribution in [2.75, 3.05) is 6.54 Å². The van der Waals surface area contributed by atoms with Crippen molar-refractivity contribution >= 4 is 5.91 Å². The Labute approximate surface area is 179 Å². The van der Waals surface area contributed by atoms with Crippen molar-refractivity contribution in [3.05, 3.63) is 71.9 Å². The van der Waals surface area contributed by atoms with E-state index in [1.54, 1.807) is 18.3 Å². The zero-order valence-electron chi connectivity index (χ0n) is 17.0. The lowest BCUT2D eigenvalue weighted by Gasteiger charge is -2.47. The van der Waals surface area contributed by atoms with Crippen LogP contribution in [0.3, 0.4) is 0 Å². The minimum absolute atomic E-state index is 0.0507. The number of halogens is 1. The first kappa shape index (κ1) is 18.4. The highest BCUT2D eigenvalue weighted by Crippen LogP contribution is 2.71. The van der Waals surface area contributed by atoms with Gasteiger partial charge in [0.15, 0.2) is 11.6 Å². The number of likely N-dealkylation sites (tertiary alicyclic amines) is 1. The van der Waals surface area contributed by atoms with Crippen molar-refractivity contribution in [1.29, 1.82) is 0 Å². The van der Waals surface area contributed by atoms with Crippen LogP contribution in [0.5, 0.6) is 5.88 Å². The molecule has 3 heterocycles. The molecule has 2 aliphatic carbocycles. The second-order valence-electron chi connectivity index (χ2n) is 8.84. The van der Waals surface area contributed by atoms with Crippen molar-refractivity contribution in [1.82, 2.24) is 19.9 Å². The smallest absolute Gasteiger partial charge is 0.255 e. The molecule has 2 saturated carbocycles. The molecule has 1 aromatic carbocycles. The summed E-state index contributed by atoms with van der Waals surface area (Å²) in [5.74, 6) is 0.928. The van der Waals surface area contributed by atoms with Gasteiger partial charge in [-0.05, 0) is 37.3 Å². The van der Waals surface area contributed by atoms with Gasteiger partial charge in [-0.25, -0.2) is 19.3 Å². The van der Waals surface area contributed by atoms with Gasteiger partial charge >= 0.3 is 0 Å². The molecule has 2 aromatic heterocycles. The lowest BCUT2D eigenvalue weighted by molar-refractivity contribution is -0.0345. The van der Waals surface area contributed by atoms with Crippen LogP contribution < -0.4 is 4.74 Å². The van der Waals surface area contributed by atoms with Gasteiger partial charge in [-0.1, -0.05) is 24.3 Å². The van der Waals surface area contributed by atoms with Crippen LogP contribution in [0.2, 0.25) is 0 Å². The number of piperidine rings is 1. The first-order chi connectivity index (χ1) is 15.0. The first-order valence-corrected chi connectivity index (χ1v) is 10.5. The highest BCUT2D eigenvalue weighted by atomic mass is 19.1. The Morgan fingerprint density at radius 2 is 1.90 bits per heavy atom. The number of pyridine rings is 1. The average Bonchev–Trinajstić information content (AvgIpc) is 3.43. The summed E-state index contributed by atoms with van der Waals surface area (Å²) in [6, 6.07) is 11.2. The van der Waals surface area contributed by atoms with Crippen molar-refractivity contribution < 1.29 is 13.9 Å². The molecule has 3 fully saturated rings. The van der Waals surface area contributed by atoms with Crippen LogP contribution in [-0.2, 0) is 0 Å². The molecule has 1 amide bonds. The lowest BCUT2D eigenvalue weighted by Crippen LogP contribution is -2.59. The van der Waals surface area contributed by atoms with E-state index in [0.29, 0.717) is 28.7 Å². The van der Waals surface area contributed by atoms with E-state index >= 15 is 0 Å². The maximum atomic E-state index is 13.6. The Morgan fingerprint density at radius 1 is 1.10 bits per heavy atom. The maximum Gasteiger partial charge on any atom is 0.255 e. The van der Waals surface area contributed by atoms with Gasteiger partial charge in [0, 0.05) is 29.8 Å². The molecule has 0 radical (unpaired) electrons. The van der Waals surface area contributed by atoms with Crippen LogP contribution in [0, 0.1) is 24.1 Å². The fourth-order valence-corrected chi connectivity index (χ4v) is 5.40. The van der Waals surface area contributed by atoms with Gasteiger partial charge in [0.25, 0.3) is 5.91 Å². The highest BCUT2D eigenvalue weighted by molar-refractivity contribution is 6.00. The van der Waals surface area contributed by atoms with Crippen LogP contribution in [0.15, 0.2) is 55.0 Å². The normalized spacial score (nSPS) is 27.8. The second-order valence-corrected chi connectivity index (χ2v) is 8.84. The number of ether oxygens (including phenoxy) is 1. The number of nitrogens with zero attached hydrogens (tertiary/aromatic N) is 4. The number of aryl methyl sites for hydroxylation is 1. The molecule has 3 aromatic rings. The molecule has 4 unspecified atom stereocenters. The average molecular weight is 416 g/mol. The SMILES string of the molecule is Cc1ccc(OC2CC34CC3CN(C(=O)c3ccccc3-c3ncc(F)cn3)C24)nc1. The predicted molar refractivity (Wildman–Crippen MR) is 111 cm³/mol. The van der Waals surface area contributed by atoms with Crippen molar-refractivity contribution in [2.45, 2.75) is 31.9 Å². The van der Waals surface area contributed by atoms with Crippen LogP contribution in [0.1, 0.15) is 28.8 Å². The summed E-state index contributed by atoms with van der Waals surface area (Å²) in [7, 11) is 0. The predicted octanol–water partition coefficient (Wildman–Crippen LogP) is 3.67. The minimum atomic E-state index is -0.506. The number of hydrogen-bond acceptors (Lipinski definition) is 5. The van der Waals surface area contributed by atoms with Crippen LogP contribution >= 0.6 is 0 Å². The Morgan fingerprint density at radius 3 is 2.68 bits per heavy atom. The van der Waals surface area contributed by atoms with Crippen LogP contribution in [0.4, 0.5) is 4.39 Å². The highest BCUT2D eigenvalue weighted by Gasteiger charge is 2.76. The number of carbonyl (C=O) groups is 1. The number of amides is 1. The van der Waals surface area contributed by atoms with Gasteiger partial charge in [-0.3, -0.25) is 4.79 Å². The van der Waals surface area contributed by atoms with E-state index in [1.807, 2.05) is 36.1 Å². The summed E-state index contributed by atoms with van der Waals surface area (Å²) in [6.45, 7) is 2.73. The molecule has 1 aliphatic heterocycles. The van der Waals surface area contributed by atoms with E-state index in [0.717, 1.165) is 37.3 Å². The molecule has 6 rings (SSSR count). The monoisotopic (exact) mass is 416 g/mol. The fraction of sp³-hybridized carbons (Fsp3) is 0.333. The van der Waals surface area contributed by atoms with Crippen molar-refractivity contribution in [3.63, 3.8) is 0 Å². The third-order valence-corrected chi connectivity index (χ3v) is 6.99. The van der Waals surface area contributed by atoms with E-state index in [-0.39, 0.29) is 23.5 Å². The molecule has 31 heavy (non-hydrogen) atoms. The standard InChI is InChI=1S/C24H21FN4O2/c1-14-6-7-20(26-10-14)31-19-9-24-8-15(24)13-29(21(19)24)23(30)18-5-3-2-4-17(18)22-27-11-16(25)12-28-22/h2-7,10-12,15,19,21H,8-9,13H2,1H3. The summed E-state index contributed by atoms with van der Waals surface area (Å²) in [5.41, 5.74) is 2.42. The molecule has 0 N–H and O–H groups in total. The topological polar surface area (TPSA) is 68.2 Å². The fourth-order valence-electron chi connectivity index (χ4n) is 5.40. The molecule has 0 bridgehead atoms. The minimum Gasteiger partial charge on any atom is -0.472 e. The number of benzene rings is 1.